The number of methoxy groups -OCH3 is 1. The summed E-state index contributed by atoms with van der Waals surface area (Å²) in [5.41, 5.74) is 7.21. The molecular formula is C15H23ClN2O2. The average molecular weight is 299 g/mol. The Balaban J connectivity index is 2.83. The lowest BCUT2D eigenvalue weighted by Gasteiger charge is -2.29. The molecule has 0 atom stereocenters. The highest BCUT2D eigenvalue weighted by Gasteiger charge is 2.19. The van der Waals surface area contributed by atoms with Crippen LogP contribution in [0.25, 0.3) is 0 Å². The molecule has 1 aromatic rings. The van der Waals surface area contributed by atoms with E-state index in [2.05, 4.69) is 18.7 Å². The molecule has 0 bridgehead atoms. The van der Waals surface area contributed by atoms with E-state index in [4.69, 9.17) is 22.1 Å². The van der Waals surface area contributed by atoms with Gasteiger partial charge in [0.15, 0.2) is 0 Å². The van der Waals surface area contributed by atoms with Gasteiger partial charge in [0.1, 0.15) is 0 Å². The summed E-state index contributed by atoms with van der Waals surface area (Å²) in [5, 5.41) is 0.648. The normalized spacial score (nSPS) is 11.8. The lowest BCUT2D eigenvalue weighted by Crippen LogP contribution is -2.36. The molecule has 0 saturated heterocycles. The van der Waals surface area contributed by atoms with Crippen LogP contribution in [0.3, 0.4) is 0 Å². The molecule has 0 unspecified atom stereocenters. The van der Waals surface area contributed by atoms with Gasteiger partial charge in [0.2, 0.25) is 0 Å². The highest BCUT2D eigenvalue weighted by Crippen LogP contribution is 2.21. The first-order valence-electron chi connectivity index (χ1n) is 6.54. The van der Waals surface area contributed by atoms with Crippen LogP contribution in [0.5, 0.6) is 0 Å². The van der Waals surface area contributed by atoms with Gasteiger partial charge in [0.05, 0.1) is 12.7 Å². The Labute approximate surface area is 125 Å². The number of benzene rings is 1. The molecule has 5 heteroatoms. The van der Waals surface area contributed by atoms with Crippen molar-refractivity contribution >= 4 is 17.6 Å². The fourth-order valence-electron chi connectivity index (χ4n) is 2.08. The molecule has 2 N–H and O–H groups in total. The van der Waals surface area contributed by atoms with E-state index in [1.165, 1.54) is 7.11 Å². The average Bonchev–Trinajstić information content (AvgIpc) is 2.39. The minimum Gasteiger partial charge on any atom is -0.465 e. The van der Waals surface area contributed by atoms with Gasteiger partial charge in [-0.2, -0.15) is 0 Å². The van der Waals surface area contributed by atoms with Gasteiger partial charge >= 0.3 is 5.97 Å². The Bertz CT molecular complexity index is 475. The number of nitrogens with two attached hydrogens (primary N) is 1. The molecular weight excluding hydrogens is 276 g/mol. The maximum Gasteiger partial charge on any atom is 0.337 e. The maximum atomic E-state index is 11.5. The van der Waals surface area contributed by atoms with E-state index in [1.54, 1.807) is 18.2 Å². The molecule has 0 radical (unpaired) electrons. The van der Waals surface area contributed by atoms with Gasteiger partial charge in [0, 0.05) is 18.1 Å². The molecule has 0 aliphatic carbocycles. The summed E-state index contributed by atoms with van der Waals surface area (Å²) in [6.45, 7) is 6.37. The van der Waals surface area contributed by atoms with Crippen LogP contribution in [0.1, 0.15) is 29.8 Å². The summed E-state index contributed by atoms with van der Waals surface area (Å²) in [5.74, 6) is -0.354. The summed E-state index contributed by atoms with van der Waals surface area (Å²) < 4.78 is 4.72. The maximum absolute atomic E-state index is 11.5. The summed E-state index contributed by atoms with van der Waals surface area (Å²) in [7, 11) is 3.38. The third-order valence-electron chi connectivity index (χ3n) is 3.16. The minimum absolute atomic E-state index is 0.0428. The highest BCUT2D eigenvalue weighted by molar-refractivity contribution is 6.31. The minimum atomic E-state index is -0.354. The molecule has 1 aromatic carbocycles. The zero-order valence-corrected chi connectivity index (χ0v) is 13.3. The van der Waals surface area contributed by atoms with Crippen molar-refractivity contribution in [1.29, 1.82) is 0 Å². The fraction of sp³-hybridized carbons (Fsp3) is 0.533. The smallest absolute Gasteiger partial charge is 0.337 e. The van der Waals surface area contributed by atoms with Crippen molar-refractivity contribution in [3.63, 3.8) is 0 Å². The topological polar surface area (TPSA) is 55.6 Å². The van der Waals surface area contributed by atoms with Crippen molar-refractivity contribution < 1.29 is 9.53 Å². The zero-order valence-electron chi connectivity index (χ0n) is 12.6. The molecule has 0 saturated carbocycles. The van der Waals surface area contributed by atoms with Crippen LogP contribution in [0.15, 0.2) is 18.2 Å². The molecule has 0 amide bonds. The van der Waals surface area contributed by atoms with Crippen molar-refractivity contribution in [3.8, 4) is 0 Å². The number of nitrogens with zero attached hydrogens (tertiary/aromatic N) is 1. The van der Waals surface area contributed by atoms with E-state index in [1.807, 2.05) is 7.05 Å². The Morgan fingerprint density at radius 2 is 2.10 bits per heavy atom. The first kappa shape index (κ1) is 17.0. The van der Waals surface area contributed by atoms with E-state index in [0.717, 1.165) is 12.1 Å². The monoisotopic (exact) mass is 298 g/mol. The Morgan fingerprint density at radius 3 is 2.65 bits per heavy atom. The fourth-order valence-corrected chi connectivity index (χ4v) is 2.26. The molecule has 0 spiro atoms. The van der Waals surface area contributed by atoms with Crippen molar-refractivity contribution in [1.82, 2.24) is 4.90 Å². The Kier molecular flexibility index (Phi) is 5.99. The van der Waals surface area contributed by atoms with E-state index >= 15 is 0 Å². The van der Waals surface area contributed by atoms with Gasteiger partial charge in [-0.1, -0.05) is 25.4 Å². The van der Waals surface area contributed by atoms with E-state index < -0.39 is 0 Å². The first-order valence-corrected chi connectivity index (χ1v) is 6.92. The van der Waals surface area contributed by atoms with Crippen LogP contribution < -0.4 is 5.73 Å². The number of hydrogen-bond acceptors (Lipinski definition) is 4. The van der Waals surface area contributed by atoms with Gasteiger partial charge in [-0.25, -0.2) is 4.79 Å². The Morgan fingerprint density at radius 1 is 1.45 bits per heavy atom. The molecule has 0 fully saturated rings. The number of halogens is 1. The number of ether oxygens (including phenoxy) is 1. The van der Waals surface area contributed by atoms with Crippen LogP contribution in [-0.2, 0) is 11.3 Å². The summed E-state index contributed by atoms with van der Waals surface area (Å²) in [4.78, 5) is 13.7. The number of carbonyl (C=O) groups is 1. The van der Waals surface area contributed by atoms with Crippen LogP contribution in [-0.4, -0.2) is 38.1 Å². The van der Waals surface area contributed by atoms with Crippen molar-refractivity contribution in [2.24, 2.45) is 11.1 Å². The van der Waals surface area contributed by atoms with Gasteiger partial charge < -0.3 is 15.4 Å². The van der Waals surface area contributed by atoms with Crippen LogP contribution in [0.2, 0.25) is 5.02 Å². The number of carbonyl (C=O) groups excluding carboxylic acids is 1. The van der Waals surface area contributed by atoms with Crippen molar-refractivity contribution in [2.75, 3.05) is 27.2 Å². The third kappa shape index (κ3) is 4.78. The van der Waals surface area contributed by atoms with Gasteiger partial charge in [0.25, 0.3) is 0 Å². The van der Waals surface area contributed by atoms with Gasteiger partial charge in [-0.3, -0.25) is 0 Å². The molecule has 0 aromatic heterocycles. The van der Waals surface area contributed by atoms with Crippen molar-refractivity contribution in [3.05, 3.63) is 34.3 Å². The standard InChI is InChI=1S/C15H23ClN2O2/c1-15(2,9-17)10-18(3)8-12-7-11(14(19)20-4)5-6-13(12)16/h5-7H,8-10,17H2,1-4H3. The lowest BCUT2D eigenvalue weighted by atomic mass is 9.93. The Hall–Kier alpha value is -1.10. The van der Waals surface area contributed by atoms with E-state index in [9.17, 15) is 4.79 Å². The predicted octanol–water partition coefficient (Wildman–Crippen LogP) is 2.54. The van der Waals surface area contributed by atoms with E-state index in [0.29, 0.717) is 23.7 Å². The molecule has 112 valence electrons. The molecule has 4 nitrogen and oxygen atoms in total. The SMILES string of the molecule is COC(=O)c1ccc(Cl)c(CN(C)CC(C)(C)CN)c1. The van der Waals surface area contributed by atoms with Gasteiger partial charge in [-0.15, -0.1) is 0 Å². The first-order chi connectivity index (χ1) is 9.29. The molecule has 0 heterocycles. The number of hydrogen-bond donors (Lipinski definition) is 1. The van der Waals surface area contributed by atoms with E-state index in [-0.39, 0.29) is 11.4 Å². The summed E-state index contributed by atoms with van der Waals surface area (Å²) >= 11 is 6.19. The molecule has 20 heavy (non-hydrogen) atoms. The number of rotatable bonds is 6. The second kappa shape index (κ2) is 7.07. The lowest BCUT2D eigenvalue weighted by molar-refractivity contribution is 0.0600. The third-order valence-corrected chi connectivity index (χ3v) is 3.53. The van der Waals surface area contributed by atoms with Crippen LogP contribution in [0.4, 0.5) is 0 Å². The van der Waals surface area contributed by atoms with Gasteiger partial charge in [-0.05, 0) is 42.8 Å². The van der Waals surface area contributed by atoms with Crippen LogP contribution >= 0.6 is 11.6 Å². The largest absolute Gasteiger partial charge is 0.465 e. The molecule has 0 aliphatic rings. The summed E-state index contributed by atoms with van der Waals surface area (Å²) in [6.07, 6.45) is 0. The second-order valence-electron chi connectivity index (χ2n) is 5.84. The number of esters is 1. The zero-order chi connectivity index (χ0) is 15.3. The second-order valence-corrected chi connectivity index (χ2v) is 6.25. The predicted molar refractivity (Wildman–Crippen MR) is 82.0 cm³/mol. The highest BCUT2D eigenvalue weighted by atomic mass is 35.5. The molecule has 0 aliphatic heterocycles. The quantitative estimate of drug-likeness (QED) is 0.820. The summed E-state index contributed by atoms with van der Waals surface area (Å²) in [6, 6.07) is 5.17. The van der Waals surface area contributed by atoms with Crippen LogP contribution in [0, 0.1) is 5.41 Å². The van der Waals surface area contributed by atoms with Crippen molar-refractivity contribution in [2.45, 2.75) is 20.4 Å². The molecule has 1 rings (SSSR count).